The van der Waals surface area contributed by atoms with Gasteiger partial charge in [-0.15, -0.1) is 0 Å². The van der Waals surface area contributed by atoms with Gasteiger partial charge in [-0.05, 0) is 52.8 Å². The van der Waals surface area contributed by atoms with Crippen molar-refractivity contribution in [1.29, 1.82) is 0 Å². The monoisotopic (exact) mass is 518 g/mol. The summed E-state index contributed by atoms with van der Waals surface area (Å²) in [6.07, 6.45) is 0. The van der Waals surface area contributed by atoms with E-state index < -0.39 is 15.2 Å². The van der Waals surface area contributed by atoms with Gasteiger partial charge in [0.2, 0.25) is 0 Å². The minimum absolute atomic E-state index is 0.0212. The highest BCUT2D eigenvalue weighted by Crippen LogP contribution is 2.68. The van der Waals surface area contributed by atoms with Crippen LogP contribution in [0.1, 0.15) is 34.6 Å². The first-order chi connectivity index (χ1) is 13.3. The molecule has 162 valence electrons. The summed E-state index contributed by atoms with van der Waals surface area (Å²) in [5.41, 5.74) is 0. The topological polar surface area (TPSA) is 83.5 Å². The largest absolute Gasteiger partial charge is 0.507 e. The summed E-state index contributed by atoms with van der Waals surface area (Å²) in [6.45, 7) is 10.0. The molecule has 0 aliphatic carbocycles. The van der Waals surface area contributed by atoms with Crippen LogP contribution in [0.2, 0.25) is 0 Å². The van der Waals surface area contributed by atoms with Gasteiger partial charge < -0.3 is 27.7 Å². The van der Waals surface area contributed by atoms with Crippen molar-refractivity contribution in [1.82, 2.24) is 0 Å². The Labute approximate surface area is 180 Å². The molecule has 0 aliphatic heterocycles. The van der Waals surface area contributed by atoms with Gasteiger partial charge in [0.15, 0.2) is 4.37 Å². The van der Waals surface area contributed by atoms with E-state index in [0.29, 0.717) is 4.90 Å². The maximum Gasteiger partial charge on any atom is 0.375 e. The van der Waals surface area contributed by atoms with E-state index in [1.54, 1.807) is 52.8 Å². The molecule has 0 fully saturated rings. The summed E-state index contributed by atoms with van der Waals surface area (Å²) in [7, 11) is -7.06. The van der Waals surface area contributed by atoms with Crippen LogP contribution in [-0.2, 0) is 27.2 Å². The van der Waals surface area contributed by atoms with Crippen molar-refractivity contribution < 1.29 is 32.3 Å². The lowest BCUT2D eigenvalue weighted by molar-refractivity contribution is 0.170. The standard InChI is InChI=1S/C17H29BrO7P2S/c1-6-21-26(20,22-7-2)17(27(23-8-3,24-9-4)25-10-5)28-16-13-14(18)11-12-15(16)19/h11-13,19H,6-10H2,1-5H3. The van der Waals surface area contributed by atoms with Crippen LogP contribution in [0, 0.1) is 0 Å². The van der Waals surface area contributed by atoms with E-state index in [1.165, 1.54) is 0 Å². The van der Waals surface area contributed by atoms with Gasteiger partial charge in [0.1, 0.15) is 5.75 Å². The minimum Gasteiger partial charge on any atom is -0.507 e. The van der Waals surface area contributed by atoms with Crippen LogP contribution in [0.15, 0.2) is 27.6 Å². The first-order valence-electron chi connectivity index (χ1n) is 9.08. The van der Waals surface area contributed by atoms with Crippen LogP contribution < -0.4 is 0 Å². The minimum atomic E-state index is -3.81. The Morgan fingerprint density at radius 2 is 1.39 bits per heavy atom. The second-order valence-corrected chi connectivity index (χ2v) is 12.2. The summed E-state index contributed by atoms with van der Waals surface area (Å²) in [4.78, 5) is 0.451. The van der Waals surface area contributed by atoms with E-state index in [9.17, 15) is 9.67 Å². The molecule has 0 saturated carbocycles. The van der Waals surface area contributed by atoms with Crippen molar-refractivity contribution in [2.75, 3.05) is 33.0 Å². The Kier molecular flexibility index (Phi) is 12.0. The number of rotatable bonds is 13. The second-order valence-electron chi connectivity index (χ2n) is 5.08. The van der Waals surface area contributed by atoms with Crippen molar-refractivity contribution in [2.24, 2.45) is 0 Å². The zero-order chi connectivity index (χ0) is 21.2. The maximum atomic E-state index is 13.8. The number of hydrogen-bond donors (Lipinski definition) is 1. The van der Waals surface area contributed by atoms with Crippen LogP contribution in [-0.4, -0.2) is 42.5 Å². The molecule has 0 aliphatic rings. The molecule has 28 heavy (non-hydrogen) atoms. The summed E-state index contributed by atoms with van der Waals surface area (Å²) in [6, 6.07) is 4.96. The molecule has 0 aromatic heterocycles. The van der Waals surface area contributed by atoms with Crippen LogP contribution in [0.5, 0.6) is 5.75 Å². The van der Waals surface area contributed by atoms with Gasteiger partial charge in [-0.2, -0.15) is 0 Å². The molecule has 0 radical (unpaired) electrons. The summed E-state index contributed by atoms with van der Waals surface area (Å²) in [5, 5.41) is 10.3. The lowest BCUT2D eigenvalue weighted by Gasteiger charge is -2.30. The number of phenolic OH excluding ortho intramolecular Hbond substituents is 1. The molecule has 1 aromatic rings. The maximum absolute atomic E-state index is 13.8. The van der Waals surface area contributed by atoms with Gasteiger partial charge in [0.05, 0.1) is 37.9 Å². The first kappa shape index (κ1) is 26.2. The number of hydrogen-bond acceptors (Lipinski definition) is 8. The molecule has 0 heterocycles. The third-order valence-corrected chi connectivity index (χ3v) is 11.6. The molecule has 0 atom stereocenters. The molecule has 7 nitrogen and oxygen atoms in total. The molecule has 11 heteroatoms. The molecule has 0 bridgehead atoms. The highest BCUT2D eigenvalue weighted by Gasteiger charge is 2.43. The zero-order valence-corrected chi connectivity index (χ0v) is 21.0. The molecule has 1 N–H and O–H groups in total. The Hall–Kier alpha value is 0.180. The van der Waals surface area contributed by atoms with Crippen LogP contribution >= 0.6 is 42.9 Å². The molecule has 1 aromatic carbocycles. The predicted octanol–water partition coefficient (Wildman–Crippen LogP) is 6.47. The molecular formula is C17H29BrO7P2S. The summed E-state index contributed by atoms with van der Waals surface area (Å²) in [5.74, 6) is 0.0212. The van der Waals surface area contributed by atoms with Crippen LogP contribution in [0.25, 0.3) is 0 Å². The van der Waals surface area contributed by atoms with E-state index >= 15 is 0 Å². The molecular weight excluding hydrogens is 490 g/mol. The van der Waals surface area contributed by atoms with Gasteiger partial charge in [-0.3, -0.25) is 4.57 Å². The molecule has 1 rings (SSSR count). The van der Waals surface area contributed by atoms with Crippen molar-refractivity contribution in [3.63, 3.8) is 0 Å². The molecule has 0 saturated heterocycles. The van der Waals surface area contributed by atoms with Crippen molar-refractivity contribution in [3.8, 4) is 5.75 Å². The van der Waals surface area contributed by atoms with E-state index in [4.69, 9.17) is 22.6 Å². The highest BCUT2D eigenvalue weighted by atomic mass is 79.9. The normalized spacial score (nSPS) is 12.4. The van der Waals surface area contributed by atoms with Crippen molar-refractivity contribution in [2.45, 2.75) is 39.5 Å². The fourth-order valence-electron chi connectivity index (χ4n) is 2.20. The van der Waals surface area contributed by atoms with Gasteiger partial charge in [0.25, 0.3) is 7.57 Å². The number of halogens is 1. The Morgan fingerprint density at radius 3 is 1.82 bits per heavy atom. The van der Waals surface area contributed by atoms with E-state index in [1.807, 2.05) is 0 Å². The lowest BCUT2D eigenvalue weighted by atomic mass is 10.3. The fourth-order valence-corrected chi connectivity index (χ4v) is 10.2. The average Bonchev–Trinajstić information content (AvgIpc) is 2.63. The van der Waals surface area contributed by atoms with Crippen molar-refractivity contribution >= 4 is 47.2 Å². The summed E-state index contributed by atoms with van der Waals surface area (Å²) >= 11 is 4.43. The number of thioether (sulfide) groups is 1. The van der Waals surface area contributed by atoms with Crippen LogP contribution in [0.3, 0.4) is 0 Å². The van der Waals surface area contributed by atoms with E-state index in [2.05, 4.69) is 15.9 Å². The third-order valence-electron chi connectivity index (χ3n) is 3.09. The predicted molar refractivity (Wildman–Crippen MR) is 119 cm³/mol. The van der Waals surface area contributed by atoms with Gasteiger partial charge in [-0.25, -0.2) is 0 Å². The van der Waals surface area contributed by atoms with Crippen molar-refractivity contribution in [3.05, 3.63) is 22.7 Å². The lowest BCUT2D eigenvalue weighted by Crippen LogP contribution is -2.13. The average molecular weight is 519 g/mol. The number of phenols is 1. The Balaban J connectivity index is 3.81. The van der Waals surface area contributed by atoms with Crippen LogP contribution in [0.4, 0.5) is 0 Å². The van der Waals surface area contributed by atoms with Gasteiger partial charge in [0, 0.05) is 4.47 Å². The molecule has 0 spiro atoms. The third kappa shape index (κ3) is 6.86. The van der Waals surface area contributed by atoms with Gasteiger partial charge in [-0.1, -0.05) is 27.7 Å². The summed E-state index contributed by atoms with van der Waals surface area (Å²) < 4.78 is 43.7. The number of benzene rings is 1. The zero-order valence-electron chi connectivity index (χ0n) is 16.8. The second kappa shape index (κ2) is 12.8. The SMILES string of the molecule is CCOP(=O)(OCC)C(Sc1cc(Br)ccc1O)=P(OCC)(OCC)OCC. The Morgan fingerprint density at radius 1 is 0.929 bits per heavy atom. The number of aromatic hydroxyl groups is 1. The quantitative estimate of drug-likeness (QED) is 0.235. The smallest absolute Gasteiger partial charge is 0.375 e. The molecule has 0 amide bonds. The van der Waals surface area contributed by atoms with Gasteiger partial charge >= 0.3 is 7.60 Å². The highest BCUT2D eigenvalue weighted by molar-refractivity contribution is 9.10. The molecule has 0 unspecified atom stereocenters. The first-order valence-corrected chi connectivity index (χ1v) is 13.8. The van der Waals surface area contributed by atoms with E-state index in [0.717, 1.165) is 16.2 Å². The fraction of sp³-hybridized carbons (Fsp3) is 0.588. The van der Waals surface area contributed by atoms with E-state index in [-0.39, 0.29) is 43.2 Å². The Bertz CT molecular complexity index is 696.